The first-order chi connectivity index (χ1) is 5.37. The molecule has 0 aliphatic heterocycles. The second kappa shape index (κ2) is 2.63. The molecule has 2 nitrogen and oxygen atoms in total. The highest BCUT2D eigenvalue weighted by Gasteiger charge is 2.33. The fourth-order valence-electron chi connectivity index (χ4n) is 1.75. The Morgan fingerprint density at radius 1 is 1.33 bits per heavy atom. The van der Waals surface area contributed by atoms with Gasteiger partial charge in [-0.05, 0) is 19.4 Å². The van der Waals surface area contributed by atoms with Crippen LogP contribution in [0.5, 0.6) is 0 Å². The van der Waals surface area contributed by atoms with Gasteiger partial charge in [0.1, 0.15) is 0 Å². The van der Waals surface area contributed by atoms with Crippen molar-refractivity contribution < 1.29 is 0 Å². The lowest BCUT2D eigenvalue weighted by molar-refractivity contribution is 0.369. The zero-order valence-corrected chi connectivity index (χ0v) is 8.31. The van der Waals surface area contributed by atoms with Crippen molar-refractivity contribution in [1.29, 1.82) is 0 Å². The van der Waals surface area contributed by atoms with Crippen molar-refractivity contribution in [2.45, 2.75) is 33.7 Å². The molecule has 1 aliphatic rings. The van der Waals surface area contributed by atoms with E-state index in [1.807, 2.05) is 6.92 Å². The van der Waals surface area contributed by atoms with Crippen LogP contribution in [0.25, 0.3) is 0 Å². The van der Waals surface area contributed by atoms with E-state index in [2.05, 4.69) is 26.8 Å². The number of nitrogens with two attached hydrogens (primary N) is 2. The Kier molecular flexibility index (Phi) is 2.04. The third kappa shape index (κ3) is 1.16. The summed E-state index contributed by atoms with van der Waals surface area (Å²) in [5.41, 5.74) is 15.2. The minimum Gasteiger partial charge on any atom is -0.401 e. The van der Waals surface area contributed by atoms with Crippen molar-refractivity contribution in [2.24, 2.45) is 16.9 Å². The Bertz CT molecular complexity index is 259. The molecule has 68 valence electrons. The van der Waals surface area contributed by atoms with Gasteiger partial charge < -0.3 is 11.5 Å². The number of hydrogen-bond acceptors (Lipinski definition) is 2. The fraction of sp³-hybridized carbons (Fsp3) is 0.600. The molecule has 0 aromatic carbocycles. The Hall–Kier alpha value is -0.760. The monoisotopic (exact) mass is 166 g/mol. The molecule has 0 amide bonds. The van der Waals surface area contributed by atoms with Crippen LogP contribution in [0, 0.1) is 5.41 Å². The van der Waals surface area contributed by atoms with Crippen molar-refractivity contribution in [3.05, 3.63) is 22.9 Å². The van der Waals surface area contributed by atoms with Crippen molar-refractivity contribution >= 4 is 0 Å². The van der Waals surface area contributed by atoms with E-state index in [0.717, 1.165) is 11.3 Å². The molecule has 0 radical (unpaired) electrons. The molecule has 0 heterocycles. The van der Waals surface area contributed by atoms with Crippen molar-refractivity contribution in [2.75, 3.05) is 0 Å². The minimum absolute atomic E-state index is 0.0567. The highest BCUT2D eigenvalue weighted by molar-refractivity contribution is 5.38. The summed E-state index contributed by atoms with van der Waals surface area (Å²) < 4.78 is 0. The first kappa shape index (κ1) is 9.33. The van der Waals surface area contributed by atoms with E-state index in [-0.39, 0.29) is 11.5 Å². The predicted molar refractivity (Wildman–Crippen MR) is 52.4 cm³/mol. The summed E-state index contributed by atoms with van der Waals surface area (Å²) in [6.07, 6.45) is 2.07. The summed E-state index contributed by atoms with van der Waals surface area (Å²) in [5, 5.41) is 0. The molecule has 0 fully saturated rings. The van der Waals surface area contributed by atoms with E-state index in [1.165, 1.54) is 5.57 Å². The van der Waals surface area contributed by atoms with Gasteiger partial charge in [0.2, 0.25) is 0 Å². The standard InChI is InChI=1S/C10H18N2/c1-6-5-7(2)9(12)10(3,4)8(6)11/h5,8H,11-12H2,1-4H3. The van der Waals surface area contributed by atoms with E-state index in [4.69, 9.17) is 11.5 Å². The van der Waals surface area contributed by atoms with Crippen molar-refractivity contribution in [3.8, 4) is 0 Å². The van der Waals surface area contributed by atoms with Gasteiger partial charge in [0.05, 0.1) is 0 Å². The van der Waals surface area contributed by atoms with Gasteiger partial charge in [-0.1, -0.05) is 25.5 Å². The van der Waals surface area contributed by atoms with Crippen LogP contribution in [0.1, 0.15) is 27.7 Å². The first-order valence-electron chi connectivity index (χ1n) is 4.28. The Balaban J connectivity index is 3.18. The SMILES string of the molecule is CC1=CC(C)=C(N)C(C)(C)C1N. The van der Waals surface area contributed by atoms with Crippen LogP contribution < -0.4 is 11.5 Å². The van der Waals surface area contributed by atoms with Gasteiger partial charge in [-0.2, -0.15) is 0 Å². The summed E-state index contributed by atoms with van der Waals surface area (Å²) in [5.74, 6) is 0. The summed E-state index contributed by atoms with van der Waals surface area (Å²) in [6.45, 7) is 8.27. The van der Waals surface area contributed by atoms with Crippen LogP contribution in [0.2, 0.25) is 0 Å². The molecular weight excluding hydrogens is 148 g/mol. The third-order valence-electron chi connectivity index (χ3n) is 2.83. The maximum Gasteiger partial charge on any atom is 0.0361 e. The first-order valence-corrected chi connectivity index (χ1v) is 4.28. The Morgan fingerprint density at radius 3 is 2.33 bits per heavy atom. The molecule has 0 spiro atoms. The average Bonchev–Trinajstić information content (AvgIpc) is 1.99. The third-order valence-corrected chi connectivity index (χ3v) is 2.83. The summed E-state index contributed by atoms with van der Waals surface area (Å²) in [7, 11) is 0. The molecule has 4 N–H and O–H groups in total. The molecule has 1 rings (SSSR count). The summed E-state index contributed by atoms with van der Waals surface area (Å²) >= 11 is 0. The van der Waals surface area contributed by atoms with Gasteiger partial charge in [0, 0.05) is 17.2 Å². The van der Waals surface area contributed by atoms with Crippen molar-refractivity contribution in [3.63, 3.8) is 0 Å². The fourth-order valence-corrected chi connectivity index (χ4v) is 1.75. The predicted octanol–water partition coefficient (Wildman–Crippen LogP) is 1.53. The summed E-state index contributed by atoms with van der Waals surface area (Å²) in [6, 6.07) is 0.0567. The second-order valence-electron chi connectivity index (χ2n) is 4.18. The van der Waals surface area contributed by atoms with Crippen LogP contribution in [-0.4, -0.2) is 6.04 Å². The smallest absolute Gasteiger partial charge is 0.0361 e. The molecule has 1 unspecified atom stereocenters. The topological polar surface area (TPSA) is 52.0 Å². The lowest BCUT2D eigenvalue weighted by Crippen LogP contribution is -2.44. The minimum atomic E-state index is -0.0943. The van der Waals surface area contributed by atoms with Gasteiger partial charge in [0.15, 0.2) is 0 Å². The van der Waals surface area contributed by atoms with E-state index < -0.39 is 0 Å². The Labute approximate surface area is 74.3 Å². The summed E-state index contributed by atoms with van der Waals surface area (Å²) in [4.78, 5) is 0. The second-order valence-corrected chi connectivity index (χ2v) is 4.18. The molecule has 12 heavy (non-hydrogen) atoms. The molecule has 0 saturated carbocycles. The highest BCUT2D eigenvalue weighted by atomic mass is 14.8. The molecule has 0 aromatic heterocycles. The quantitative estimate of drug-likeness (QED) is 0.573. The molecule has 0 aromatic rings. The molecule has 1 atom stereocenters. The molecule has 2 heteroatoms. The van der Waals surface area contributed by atoms with Crippen LogP contribution >= 0.6 is 0 Å². The van der Waals surface area contributed by atoms with E-state index in [9.17, 15) is 0 Å². The van der Waals surface area contributed by atoms with E-state index in [0.29, 0.717) is 0 Å². The van der Waals surface area contributed by atoms with Gasteiger partial charge in [0.25, 0.3) is 0 Å². The molecule has 0 saturated heterocycles. The average molecular weight is 166 g/mol. The van der Waals surface area contributed by atoms with Crippen molar-refractivity contribution in [1.82, 2.24) is 0 Å². The number of allylic oxidation sites excluding steroid dienone is 2. The van der Waals surface area contributed by atoms with Crippen LogP contribution in [0.15, 0.2) is 22.9 Å². The maximum atomic E-state index is 6.03. The van der Waals surface area contributed by atoms with E-state index >= 15 is 0 Å². The van der Waals surface area contributed by atoms with Crippen LogP contribution in [0.3, 0.4) is 0 Å². The maximum absolute atomic E-state index is 6.03. The highest BCUT2D eigenvalue weighted by Crippen LogP contribution is 2.35. The zero-order chi connectivity index (χ0) is 9.52. The largest absolute Gasteiger partial charge is 0.401 e. The lowest BCUT2D eigenvalue weighted by atomic mass is 9.73. The number of rotatable bonds is 0. The van der Waals surface area contributed by atoms with Gasteiger partial charge in [-0.25, -0.2) is 0 Å². The molecule has 0 bridgehead atoms. The van der Waals surface area contributed by atoms with Crippen LogP contribution in [0.4, 0.5) is 0 Å². The molecular formula is C10H18N2. The van der Waals surface area contributed by atoms with Gasteiger partial charge in [-0.15, -0.1) is 0 Å². The normalized spacial score (nSPS) is 28.8. The number of hydrogen-bond donors (Lipinski definition) is 2. The lowest BCUT2D eigenvalue weighted by Gasteiger charge is -2.37. The van der Waals surface area contributed by atoms with Gasteiger partial charge in [-0.3, -0.25) is 0 Å². The van der Waals surface area contributed by atoms with E-state index in [1.54, 1.807) is 0 Å². The Morgan fingerprint density at radius 2 is 1.83 bits per heavy atom. The van der Waals surface area contributed by atoms with Crippen LogP contribution in [-0.2, 0) is 0 Å². The zero-order valence-electron chi connectivity index (χ0n) is 8.31. The van der Waals surface area contributed by atoms with Gasteiger partial charge >= 0.3 is 0 Å². The molecule has 1 aliphatic carbocycles.